The first-order chi connectivity index (χ1) is 8.61. The lowest BCUT2D eigenvalue weighted by atomic mass is 10.2. The molecule has 0 spiro atoms. The molecule has 108 valence electrons. The van der Waals surface area contributed by atoms with Crippen LogP contribution in [-0.2, 0) is 0 Å². The van der Waals surface area contributed by atoms with Gasteiger partial charge in [-0.15, -0.1) is 0 Å². The summed E-state index contributed by atoms with van der Waals surface area (Å²) in [6.07, 6.45) is 3.13. The van der Waals surface area contributed by atoms with E-state index in [-0.39, 0.29) is 6.10 Å². The summed E-state index contributed by atoms with van der Waals surface area (Å²) < 4.78 is 0. The predicted molar refractivity (Wildman–Crippen MR) is 80.4 cm³/mol. The Labute approximate surface area is 116 Å². The standard InChI is InChI=1S/C13H29N3OS/c1-14-6-8-16(9-7-14)12-13(17)11-15(2)5-4-10-18-3/h13,17H,4-12H2,1-3H3. The molecule has 5 heteroatoms. The van der Waals surface area contributed by atoms with Crippen LogP contribution in [0.4, 0.5) is 0 Å². The molecule has 1 aliphatic rings. The fourth-order valence-corrected chi connectivity index (χ4v) is 2.73. The van der Waals surface area contributed by atoms with E-state index < -0.39 is 0 Å². The number of piperazine rings is 1. The molecule has 0 aromatic rings. The van der Waals surface area contributed by atoms with Crippen LogP contribution in [0, 0.1) is 0 Å². The van der Waals surface area contributed by atoms with Crippen LogP contribution in [0.25, 0.3) is 0 Å². The van der Waals surface area contributed by atoms with Crippen molar-refractivity contribution in [2.24, 2.45) is 0 Å². The van der Waals surface area contributed by atoms with Crippen LogP contribution >= 0.6 is 11.8 Å². The van der Waals surface area contributed by atoms with Gasteiger partial charge in [0.2, 0.25) is 0 Å². The fourth-order valence-electron chi connectivity index (χ4n) is 2.32. The molecule has 0 bridgehead atoms. The molecule has 4 nitrogen and oxygen atoms in total. The minimum absolute atomic E-state index is 0.215. The summed E-state index contributed by atoms with van der Waals surface area (Å²) in [6.45, 7) is 7.11. The number of thioether (sulfide) groups is 1. The van der Waals surface area contributed by atoms with E-state index in [1.165, 1.54) is 12.2 Å². The van der Waals surface area contributed by atoms with E-state index in [0.29, 0.717) is 0 Å². The van der Waals surface area contributed by atoms with Crippen molar-refractivity contribution in [2.75, 3.05) is 71.9 Å². The van der Waals surface area contributed by atoms with Crippen LogP contribution in [0.15, 0.2) is 0 Å². The van der Waals surface area contributed by atoms with Gasteiger partial charge in [-0.3, -0.25) is 4.90 Å². The molecule has 1 N–H and O–H groups in total. The molecule has 0 aromatic heterocycles. The molecule has 0 radical (unpaired) electrons. The Bertz CT molecular complexity index is 210. The van der Waals surface area contributed by atoms with Gasteiger partial charge in [0.25, 0.3) is 0 Å². The van der Waals surface area contributed by atoms with Crippen molar-refractivity contribution in [3.8, 4) is 0 Å². The quantitative estimate of drug-likeness (QED) is 0.643. The summed E-state index contributed by atoms with van der Waals surface area (Å²) in [6, 6.07) is 0. The van der Waals surface area contributed by atoms with Gasteiger partial charge >= 0.3 is 0 Å². The predicted octanol–water partition coefficient (Wildman–Crippen LogP) is 0.280. The summed E-state index contributed by atoms with van der Waals surface area (Å²) >= 11 is 1.89. The normalized spacial score (nSPS) is 20.5. The minimum atomic E-state index is -0.215. The molecule has 1 unspecified atom stereocenters. The summed E-state index contributed by atoms with van der Waals surface area (Å²) in [5.74, 6) is 1.21. The van der Waals surface area contributed by atoms with Gasteiger partial charge < -0.3 is 14.9 Å². The number of likely N-dealkylation sites (N-methyl/N-ethyl adjacent to an activating group) is 2. The number of aliphatic hydroxyl groups excluding tert-OH is 1. The van der Waals surface area contributed by atoms with Gasteiger partial charge in [-0.2, -0.15) is 11.8 Å². The molecule has 0 amide bonds. The Balaban J connectivity index is 2.10. The van der Waals surface area contributed by atoms with Gasteiger partial charge in [0.05, 0.1) is 6.10 Å². The Morgan fingerprint density at radius 2 is 1.94 bits per heavy atom. The van der Waals surface area contributed by atoms with Crippen LogP contribution in [0.2, 0.25) is 0 Å². The SMILES string of the molecule is CSCCCN(C)CC(O)CN1CCN(C)CC1. The van der Waals surface area contributed by atoms with Crippen molar-refractivity contribution in [1.29, 1.82) is 0 Å². The molecule has 0 saturated carbocycles. The van der Waals surface area contributed by atoms with Crippen LogP contribution in [-0.4, -0.2) is 97.8 Å². The monoisotopic (exact) mass is 275 g/mol. The molecule has 1 heterocycles. The first-order valence-electron chi connectivity index (χ1n) is 6.88. The van der Waals surface area contributed by atoms with Gasteiger partial charge in [0.1, 0.15) is 0 Å². The third-order valence-corrected chi connectivity index (χ3v) is 4.17. The van der Waals surface area contributed by atoms with E-state index in [2.05, 4.69) is 35.1 Å². The Hall–Kier alpha value is 0.190. The van der Waals surface area contributed by atoms with Crippen LogP contribution in [0.5, 0.6) is 0 Å². The van der Waals surface area contributed by atoms with Crippen molar-refractivity contribution < 1.29 is 5.11 Å². The number of hydrogen-bond donors (Lipinski definition) is 1. The lowest BCUT2D eigenvalue weighted by Gasteiger charge is -2.34. The van der Waals surface area contributed by atoms with Crippen LogP contribution in [0.3, 0.4) is 0 Å². The van der Waals surface area contributed by atoms with Gasteiger partial charge in [-0.1, -0.05) is 0 Å². The second-order valence-electron chi connectivity index (χ2n) is 5.37. The topological polar surface area (TPSA) is 30.0 Å². The molecule has 1 aliphatic heterocycles. The van der Waals surface area contributed by atoms with Gasteiger partial charge in [0.15, 0.2) is 0 Å². The van der Waals surface area contributed by atoms with Crippen LogP contribution < -0.4 is 0 Å². The van der Waals surface area contributed by atoms with Crippen molar-refractivity contribution >= 4 is 11.8 Å². The molecule has 1 fully saturated rings. The average Bonchev–Trinajstić information content (AvgIpc) is 2.32. The minimum Gasteiger partial charge on any atom is -0.390 e. The summed E-state index contributed by atoms with van der Waals surface area (Å²) in [4.78, 5) is 6.97. The highest BCUT2D eigenvalue weighted by molar-refractivity contribution is 7.98. The van der Waals surface area contributed by atoms with Gasteiger partial charge in [0, 0.05) is 39.3 Å². The molecule has 1 saturated heterocycles. The molecular weight excluding hydrogens is 246 g/mol. The van der Waals surface area contributed by atoms with Gasteiger partial charge in [-0.05, 0) is 39.1 Å². The number of aliphatic hydroxyl groups is 1. The smallest absolute Gasteiger partial charge is 0.0793 e. The van der Waals surface area contributed by atoms with Crippen LogP contribution in [0.1, 0.15) is 6.42 Å². The Kier molecular flexibility index (Phi) is 8.26. The summed E-state index contributed by atoms with van der Waals surface area (Å²) in [7, 11) is 4.26. The summed E-state index contributed by atoms with van der Waals surface area (Å²) in [5, 5.41) is 10.1. The number of rotatable bonds is 8. The fraction of sp³-hybridized carbons (Fsp3) is 1.00. The van der Waals surface area contributed by atoms with E-state index in [1.807, 2.05) is 11.8 Å². The lowest BCUT2D eigenvalue weighted by Crippen LogP contribution is -2.48. The Morgan fingerprint density at radius 3 is 2.56 bits per heavy atom. The molecule has 0 aliphatic carbocycles. The molecule has 1 rings (SSSR count). The maximum Gasteiger partial charge on any atom is 0.0793 e. The van der Waals surface area contributed by atoms with Crippen molar-refractivity contribution in [3.63, 3.8) is 0 Å². The second-order valence-corrected chi connectivity index (χ2v) is 6.35. The lowest BCUT2D eigenvalue weighted by molar-refractivity contribution is 0.0609. The maximum atomic E-state index is 10.1. The Morgan fingerprint density at radius 1 is 1.28 bits per heavy atom. The number of β-amino-alcohol motifs (C(OH)–C–C–N with tert-alkyl or cyclic N) is 1. The first kappa shape index (κ1) is 16.2. The highest BCUT2D eigenvalue weighted by Gasteiger charge is 2.17. The van der Waals surface area contributed by atoms with E-state index in [9.17, 15) is 5.11 Å². The third-order valence-electron chi connectivity index (χ3n) is 3.48. The molecule has 1 atom stereocenters. The van der Waals surface area contributed by atoms with E-state index >= 15 is 0 Å². The molecule has 18 heavy (non-hydrogen) atoms. The molecule has 0 aromatic carbocycles. The third kappa shape index (κ3) is 6.95. The molecular formula is C13H29N3OS. The number of hydrogen-bond acceptors (Lipinski definition) is 5. The average molecular weight is 275 g/mol. The van der Waals surface area contributed by atoms with Crippen molar-refractivity contribution in [3.05, 3.63) is 0 Å². The first-order valence-corrected chi connectivity index (χ1v) is 8.27. The van der Waals surface area contributed by atoms with E-state index in [0.717, 1.165) is 45.8 Å². The van der Waals surface area contributed by atoms with Gasteiger partial charge in [-0.25, -0.2) is 0 Å². The largest absolute Gasteiger partial charge is 0.390 e. The van der Waals surface area contributed by atoms with E-state index in [1.54, 1.807) is 0 Å². The highest BCUT2D eigenvalue weighted by atomic mass is 32.2. The second kappa shape index (κ2) is 9.15. The zero-order chi connectivity index (χ0) is 13.4. The highest BCUT2D eigenvalue weighted by Crippen LogP contribution is 2.02. The maximum absolute atomic E-state index is 10.1. The zero-order valence-corrected chi connectivity index (χ0v) is 13.0. The van der Waals surface area contributed by atoms with Crippen molar-refractivity contribution in [1.82, 2.24) is 14.7 Å². The van der Waals surface area contributed by atoms with E-state index in [4.69, 9.17) is 0 Å². The number of nitrogens with zero attached hydrogens (tertiary/aromatic N) is 3. The van der Waals surface area contributed by atoms with Crippen molar-refractivity contribution in [2.45, 2.75) is 12.5 Å². The summed E-state index contributed by atoms with van der Waals surface area (Å²) in [5.41, 5.74) is 0. The zero-order valence-electron chi connectivity index (χ0n) is 12.1.